The Bertz CT molecular complexity index is 711. The van der Waals surface area contributed by atoms with Crippen LogP contribution < -0.4 is 10.1 Å². The number of aliphatic hydroxyl groups excluding tert-OH is 1. The number of carbonyl (C=O) groups is 2. The largest absolute Gasteiger partial charge is 0.475 e. The van der Waals surface area contributed by atoms with Gasteiger partial charge in [0, 0.05) is 23.5 Å². The normalized spacial score (nSPS) is 10.2. The van der Waals surface area contributed by atoms with Gasteiger partial charge in [-0.2, -0.15) is 0 Å². The van der Waals surface area contributed by atoms with Gasteiger partial charge in [0.05, 0.1) is 19.4 Å². The maximum Gasteiger partial charge on any atom is 0.356 e. The summed E-state index contributed by atoms with van der Waals surface area (Å²) in [6, 6.07) is 4.59. The van der Waals surface area contributed by atoms with E-state index < -0.39 is 11.9 Å². The molecular formula is C15H17N3O5. The predicted octanol–water partition coefficient (Wildman–Crippen LogP) is 1.13. The van der Waals surface area contributed by atoms with Crippen molar-refractivity contribution in [2.45, 2.75) is 6.92 Å². The molecule has 0 fully saturated rings. The van der Waals surface area contributed by atoms with Crippen LogP contribution in [0.3, 0.4) is 0 Å². The van der Waals surface area contributed by atoms with E-state index in [0.29, 0.717) is 16.9 Å². The summed E-state index contributed by atoms with van der Waals surface area (Å²) in [4.78, 5) is 30.8. The highest BCUT2D eigenvalue weighted by atomic mass is 16.5. The summed E-state index contributed by atoms with van der Waals surface area (Å²) in [5.41, 5.74) is 1.52. The van der Waals surface area contributed by atoms with E-state index in [0.717, 1.165) is 0 Å². The molecule has 0 aliphatic carbocycles. The minimum absolute atomic E-state index is 0.0849. The van der Waals surface area contributed by atoms with Gasteiger partial charge in [-0.3, -0.25) is 4.79 Å². The van der Waals surface area contributed by atoms with Gasteiger partial charge in [-0.1, -0.05) is 0 Å². The first-order valence-corrected chi connectivity index (χ1v) is 6.84. The van der Waals surface area contributed by atoms with Gasteiger partial charge in [0.1, 0.15) is 12.3 Å². The van der Waals surface area contributed by atoms with E-state index >= 15 is 0 Å². The van der Waals surface area contributed by atoms with Gasteiger partial charge in [0.15, 0.2) is 0 Å². The van der Waals surface area contributed by atoms with Crippen LogP contribution in [0.1, 0.15) is 26.5 Å². The molecule has 0 aromatic carbocycles. The number of aryl methyl sites for hydroxylation is 1. The number of methoxy groups -OCH3 is 1. The molecule has 8 nitrogen and oxygen atoms in total. The van der Waals surface area contributed by atoms with E-state index in [1.165, 1.54) is 25.4 Å². The number of nitrogens with zero attached hydrogens (tertiary/aromatic N) is 1. The lowest BCUT2D eigenvalue weighted by Gasteiger charge is -2.07. The molecule has 2 aromatic heterocycles. The first kappa shape index (κ1) is 16.5. The molecule has 0 spiro atoms. The van der Waals surface area contributed by atoms with Gasteiger partial charge in [-0.25, -0.2) is 9.78 Å². The zero-order chi connectivity index (χ0) is 16.8. The van der Waals surface area contributed by atoms with Crippen molar-refractivity contribution in [3.63, 3.8) is 0 Å². The average molecular weight is 319 g/mol. The number of ether oxygens (including phenoxy) is 2. The average Bonchev–Trinajstić information content (AvgIpc) is 2.92. The SMILES string of the molecule is COC(=O)c1[nH]c(C)cc1NC(=O)c1ccnc(OCCO)c1. The zero-order valence-electron chi connectivity index (χ0n) is 12.8. The van der Waals surface area contributed by atoms with Crippen molar-refractivity contribution in [1.29, 1.82) is 0 Å². The molecule has 2 heterocycles. The second-order valence-electron chi connectivity index (χ2n) is 4.64. The second kappa shape index (κ2) is 7.41. The molecule has 0 radical (unpaired) electrons. The molecule has 0 atom stereocenters. The van der Waals surface area contributed by atoms with E-state index in [9.17, 15) is 9.59 Å². The lowest BCUT2D eigenvalue weighted by Crippen LogP contribution is -2.15. The molecule has 23 heavy (non-hydrogen) atoms. The minimum Gasteiger partial charge on any atom is -0.475 e. The van der Waals surface area contributed by atoms with Gasteiger partial charge in [0.2, 0.25) is 5.88 Å². The lowest BCUT2D eigenvalue weighted by atomic mass is 10.2. The van der Waals surface area contributed by atoms with Gasteiger partial charge < -0.3 is 24.9 Å². The van der Waals surface area contributed by atoms with Gasteiger partial charge in [-0.05, 0) is 19.1 Å². The van der Waals surface area contributed by atoms with Crippen LogP contribution in [0, 0.1) is 6.92 Å². The number of pyridine rings is 1. The molecule has 122 valence electrons. The summed E-state index contributed by atoms with van der Waals surface area (Å²) in [6.45, 7) is 1.69. The van der Waals surface area contributed by atoms with Gasteiger partial charge in [-0.15, -0.1) is 0 Å². The quantitative estimate of drug-likeness (QED) is 0.688. The van der Waals surface area contributed by atoms with Crippen LogP contribution in [0.5, 0.6) is 5.88 Å². The number of esters is 1. The Balaban J connectivity index is 2.18. The summed E-state index contributed by atoms with van der Waals surface area (Å²) in [7, 11) is 1.26. The number of hydrogen-bond donors (Lipinski definition) is 3. The fourth-order valence-corrected chi connectivity index (χ4v) is 1.93. The maximum absolute atomic E-state index is 12.3. The Kier molecular flexibility index (Phi) is 5.32. The van der Waals surface area contributed by atoms with Gasteiger partial charge in [0.25, 0.3) is 5.91 Å². The van der Waals surface area contributed by atoms with E-state index in [4.69, 9.17) is 9.84 Å². The highest BCUT2D eigenvalue weighted by molar-refractivity contribution is 6.07. The predicted molar refractivity (Wildman–Crippen MR) is 81.6 cm³/mol. The number of nitrogens with one attached hydrogen (secondary N) is 2. The number of anilines is 1. The van der Waals surface area contributed by atoms with Crippen LogP contribution in [0.2, 0.25) is 0 Å². The molecule has 2 aromatic rings. The summed E-state index contributed by atoms with van der Waals surface area (Å²) in [5, 5.41) is 11.4. The van der Waals surface area contributed by atoms with Crippen molar-refractivity contribution in [3.05, 3.63) is 41.3 Å². The Morgan fingerprint density at radius 2 is 2.17 bits per heavy atom. The van der Waals surface area contributed by atoms with Crippen LogP contribution in [0.25, 0.3) is 0 Å². The molecule has 8 heteroatoms. The second-order valence-corrected chi connectivity index (χ2v) is 4.64. The molecule has 0 saturated carbocycles. The number of H-pyrrole nitrogens is 1. The monoisotopic (exact) mass is 319 g/mol. The number of aromatic amines is 1. The fourth-order valence-electron chi connectivity index (χ4n) is 1.93. The number of aliphatic hydroxyl groups is 1. The molecule has 0 unspecified atom stereocenters. The van der Waals surface area contributed by atoms with Crippen molar-refractivity contribution >= 4 is 17.6 Å². The number of carbonyl (C=O) groups excluding carboxylic acids is 2. The van der Waals surface area contributed by atoms with Crippen LogP contribution in [-0.2, 0) is 4.74 Å². The van der Waals surface area contributed by atoms with Crippen molar-refractivity contribution < 1.29 is 24.2 Å². The van der Waals surface area contributed by atoms with Crippen LogP contribution in [0.15, 0.2) is 24.4 Å². The molecule has 0 aliphatic rings. The molecule has 0 saturated heterocycles. The third kappa shape index (κ3) is 4.07. The molecule has 0 bridgehead atoms. The van der Waals surface area contributed by atoms with E-state index in [1.54, 1.807) is 13.0 Å². The Labute approximate surface area is 132 Å². The zero-order valence-corrected chi connectivity index (χ0v) is 12.8. The summed E-state index contributed by atoms with van der Waals surface area (Å²) < 4.78 is 9.82. The van der Waals surface area contributed by atoms with Crippen LogP contribution in [-0.4, -0.2) is 47.3 Å². The Morgan fingerprint density at radius 1 is 1.39 bits per heavy atom. The highest BCUT2D eigenvalue weighted by Crippen LogP contribution is 2.19. The number of rotatable bonds is 6. The maximum atomic E-state index is 12.3. The number of hydrogen-bond acceptors (Lipinski definition) is 6. The molecule has 3 N–H and O–H groups in total. The van der Waals surface area contributed by atoms with Crippen molar-refractivity contribution in [2.24, 2.45) is 0 Å². The fraction of sp³-hybridized carbons (Fsp3) is 0.267. The first-order chi connectivity index (χ1) is 11.0. The molecule has 0 aliphatic heterocycles. The van der Waals surface area contributed by atoms with E-state index in [1.807, 2.05) is 0 Å². The number of amides is 1. The minimum atomic E-state index is -0.574. The highest BCUT2D eigenvalue weighted by Gasteiger charge is 2.18. The van der Waals surface area contributed by atoms with Crippen molar-refractivity contribution in [3.8, 4) is 5.88 Å². The van der Waals surface area contributed by atoms with E-state index in [2.05, 4.69) is 20.0 Å². The topological polar surface area (TPSA) is 114 Å². The third-order valence-electron chi connectivity index (χ3n) is 2.93. The summed E-state index contributed by atoms with van der Waals surface area (Å²) in [6.07, 6.45) is 1.42. The number of aromatic nitrogens is 2. The molecule has 1 amide bonds. The smallest absolute Gasteiger partial charge is 0.356 e. The molecular weight excluding hydrogens is 302 g/mol. The van der Waals surface area contributed by atoms with Crippen molar-refractivity contribution in [1.82, 2.24) is 9.97 Å². The summed E-state index contributed by atoms with van der Waals surface area (Å²) >= 11 is 0. The standard InChI is InChI=1S/C15H17N3O5/c1-9-7-11(13(17-9)15(21)22-2)18-14(20)10-3-4-16-12(8-10)23-6-5-19/h3-4,7-8,17,19H,5-6H2,1-2H3,(H,18,20). The van der Waals surface area contributed by atoms with Crippen molar-refractivity contribution in [2.75, 3.05) is 25.6 Å². The Morgan fingerprint density at radius 3 is 2.87 bits per heavy atom. The first-order valence-electron chi connectivity index (χ1n) is 6.84. The molecule has 2 rings (SSSR count). The van der Waals surface area contributed by atoms with Crippen LogP contribution >= 0.6 is 0 Å². The summed E-state index contributed by atoms with van der Waals surface area (Å²) in [5.74, 6) is -0.773. The lowest BCUT2D eigenvalue weighted by molar-refractivity contribution is 0.0596. The Hall–Kier alpha value is -2.87. The van der Waals surface area contributed by atoms with E-state index in [-0.39, 0.29) is 24.8 Å². The van der Waals surface area contributed by atoms with Crippen LogP contribution in [0.4, 0.5) is 5.69 Å². The third-order valence-corrected chi connectivity index (χ3v) is 2.93. The van der Waals surface area contributed by atoms with Gasteiger partial charge >= 0.3 is 5.97 Å².